The summed E-state index contributed by atoms with van der Waals surface area (Å²) in [4.78, 5) is 46.9. The number of hydrogen-bond donors (Lipinski definition) is 0. The third-order valence-electron chi connectivity index (χ3n) is 1.11. The third-order valence-corrected chi connectivity index (χ3v) is 1.65. The monoisotopic (exact) mass is 2530 g/mol. The Balaban J connectivity index is -0.00000000626. The van der Waals surface area contributed by atoms with Crippen molar-refractivity contribution in [2.24, 2.45) is 0 Å². The van der Waals surface area contributed by atoms with Gasteiger partial charge in [0.15, 0.2) is 0 Å². The molecule has 0 aromatic carbocycles. The molecule has 0 fully saturated rings. The zero-order chi connectivity index (χ0) is 48.5. The SMILES string of the molecule is CCC(=O)Cl.CCC(=O)Cl.COC([NH-])=O.COC([NH-])=O.COC([NH-])=O.[CH-]=CP.[CH-]=CP.[CH-]=CP.[CH-]=CP.[CH-]=CP.[CH-]=CP.[CH-]=CP.[CH-]=CP.[CH-]=CP.[CH-]=CP.[CH3-].[CH3-].[CH3-].[CH3-].[NH2-].[NH2-].[NH2-].[V+2].[V+2].[V+2].[V+2].[V+2].[V+2].[V+2].[V+2].[V+2].[V+2].[W].[W].[W].[W].[W]. The number of nitrogens with two attached hydrogens (primary N) is 3. The summed E-state index contributed by atoms with van der Waals surface area (Å²) in [5.74, 6) is 14.2. The van der Waals surface area contributed by atoms with Gasteiger partial charge in [0.2, 0.25) is 28.8 Å². The number of carbonyl (C=O) groups is 5. The number of nitrogens with one attached hydrogen (secondary N) is 3. The molecule has 77 heavy (non-hydrogen) atoms. The largest absolute Gasteiger partial charge is 2.00 e. The Morgan fingerprint density at radius 2 is 0.364 bits per heavy atom. The van der Waals surface area contributed by atoms with Crippen molar-refractivity contribution in [3.8, 4) is 0 Å². The average Bonchev–Trinajstić information content (AvgIpc) is 3.09. The third kappa shape index (κ3) is 1670. The molecule has 0 bridgehead atoms. The van der Waals surface area contributed by atoms with Gasteiger partial charge in [0.05, 0.1) is 21.3 Å². The molecule has 0 saturated carbocycles. The van der Waals surface area contributed by atoms with Crippen LogP contribution in [0.5, 0.6) is 0 Å². The van der Waals surface area contributed by atoms with Crippen molar-refractivity contribution in [1.29, 1.82) is 0 Å². The zero-order valence-corrected chi connectivity index (χ0v) is 85.7. The number of amides is 3. The summed E-state index contributed by atoms with van der Waals surface area (Å²) >= 11 is 9.65. The Kier molecular flexibility index (Phi) is 1340. The Bertz CT molecular complexity index is 739. The number of rotatable bonds is 2. The molecule has 0 spiro atoms. The van der Waals surface area contributed by atoms with Crippen LogP contribution in [0.25, 0.3) is 35.7 Å². The summed E-state index contributed by atoms with van der Waals surface area (Å²) in [5, 5.41) is -0.546. The predicted molar refractivity (Wildman–Crippen MR) is 320 cm³/mol. The van der Waals surface area contributed by atoms with Crippen LogP contribution >= 0.6 is 116 Å². The van der Waals surface area contributed by atoms with Crippen molar-refractivity contribution in [3.63, 3.8) is 0 Å². The normalized spacial score (nSPS) is 3.96. The van der Waals surface area contributed by atoms with Gasteiger partial charge in [-0.25, -0.2) is 0 Å². The molecule has 41 heteroatoms. The first kappa shape index (κ1) is 259. The molecular weight excluding hydrogens is 2450 g/mol. The topological polar surface area (TPSA) is 285 Å². The average molecular weight is 2530 g/mol. The van der Waals surface area contributed by atoms with E-state index in [9.17, 15) is 24.0 Å². The standard InChI is InChI=1S/2C3H5ClO.3C2H5NO2.10C2H4P.4CH3.3H2N.10V.5W/c2*1-2-3(4)5;3*1-5-2(3)4;10*1-2-3;;;;;;;;;;;;;;;;;;;;;;/h2*2H2,1H3;3*1H3,(H2,3,4);10*1-2H,3H2;4*1H3;3*1H2;;;;;;;;;;;;;;;/q;;;;;17*-1;10*+2;;;;;/p-3. The first-order valence-electron chi connectivity index (χ1n) is 12.8. The predicted octanol–water partition coefficient (Wildman–Crippen LogP) is 16.7. The minimum atomic E-state index is -0.995. The van der Waals surface area contributed by atoms with Gasteiger partial charge in [-0.05, 0) is 23.2 Å². The second kappa shape index (κ2) is 397. The van der Waals surface area contributed by atoms with Gasteiger partial charge in [-0.1, -0.05) is 13.8 Å². The van der Waals surface area contributed by atoms with Crippen molar-refractivity contribution in [1.82, 2.24) is 0 Å². The van der Waals surface area contributed by atoms with E-state index in [1.807, 2.05) is 0 Å². The van der Waals surface area contributed by atoms with Crippen LogP contribution in [0, 0.1) is 95.5 Å². The van der Waals surface area contributed by atoms with E-state index in [2.05, 4.69) is 172 Å². The van der Waals surface area contributed by atoms with Crippen LogP contribution in [-0.4, -0.2) is 50.1 Å². The first-order chi connectivity index (χ1) is 25.5. The van der Waals surface area contributed by atoms with E-state index in [1.165, 1.54) is 58.2 Å². The molecule has 14 nitrogen and oxygen atoms in total. The van der Waals surface area contributed by atoms with Crippen LogP contribution in [0.2, 0.25) is 0 Å². The number of ether oxygens (including phenoxy) is 3. The van der Waals surface area contributed by atoms with E-state index >= 15 is 0 Å². The smallest absolute Gasteiger partial charge is 0.693 e. The van der Waals surface area contributed by atoms with Gasteiger partial charge in [-0.3, -0.25) is 82.1 Å². The molecule has 0 aliphatic carbocycles. The molecule has 0 aliphatic heterocycles. The fourth-order valence-corrected chi connectivity index (χ4v) is 0. The molecule has 0 aromatic heterocycles. The summed E-state index contributed by atoms with van der Waals surface area (Å²) in [6.45, 7) is 50.3. The molecule has 10 unspecified atom stereocenters. The number of hydrogen-bond acceptors (Lipinski definition) is 8. The maximum absolute atomic E-state index is 9.58. The quantitative estimate of drug-likeness (QED) is 0.111. The van der Waals surface area contributed by atoms with Crippen LogP contribution in [0.3, 0.4) is 0 Å². The van der Waals surface area contributed by atoms with Gasteiger partial charge in [0, 0.05) is 118 Å². The minimum absolute atomic E-state index is 0. The molecule has 0 aromatic rings. The first-order valence-corrected chi connectivity index (χ1v) is 20.2. The van der Waals surface area contributed by atoms with Crippen molar-refractivity contribution >= 4 is 144 Å². The minimum Gasteiger partial charge on any atom is -0.693 e. The maximum atomic E-state index is 9.58. The second-order valence-electron chi connectivity index (χ2n) is 4.82. The van der Waals surface area contributed by atoms with E-state index in [-0.39, 0.29) is 350 Å². The fourth-order valence-electron chi connectivity index (χ4n) is 0. The van der Waals surface area contributed by atoms with Gasteiger partial charge in [0.1, 0.15) is 0 Å². The van der Waals surface area contributed by atoms with Crippen LogP contribution in [0.1, 0.15) is 26.7 Å². The van der Waals surface area contributed by atoms with E-state index in [1.54, 1.807) is 13.8 Å². The molecular formula is C36H80Cl2N6O8P10V10W5. The van der Waals surface area contributed by atoms with Crippen LogP contribution in [-0.2, 0) is 315 Å². The van der Waals surface area contributed by atoms with E-state index in [4.69, 9.17) is 40.4 Å². The molecule has 10 radical (unpaired) electrons. The van der Waals surface area contributed by atoms with Gasteiger partial charge in [-0.15, -0.1) is 0 Å². The van der Waals surface area contributed by atoms with Gasteiger partial charge in [-0.2, -0.15) is 92.4 Å². The summed E-state index contributed by atoms with van der Waals surface area (Å²) < 4.78 is 11.3. The van der Waals surface area contributed by atoms with Crippen molar-refractivity contribution in [2.45, 2.75) is 26.7 Å². The van der Waals surface area contributed by atoms with Crippen molar-refractivity contribution < 1.29 is 329 Å². The molecule has 3 amide bonds. The zero-order valence-electron chi connectivity index (χ0n) is 44.0. The van der Waals surface area contributed by atoms with Gasteiger partial charge >= 0.3 is 186 Å². The van der Waals surface area contributed by atoms with Crippen molar-refractivity contribution in [3.05, 3.63) is 189 Å². The van der Waals surface area contributed by atoms with Crippen LogP contribution in [0.4, 0.5) is 14.4 Å². The number of methoxy groups -OCH3 is 3. The number of carbonyl (C=O) groups excluding carboxylic acids is 5. The molecule has 9 N–H and O–H groups in total. The van der Waals surface area contributed by atoms with Gasteiger partial charge < -0.3 is 145 Å². The summed E-state index contributed by atoms with van der Waals surface area (Å²) in [5.41, 5.74) is 17.9. The Morgan fingerprint density at radius 1 is 0.338 bits per heavy atom. The summed E-state index contributed by atoms with van der Waals surface area (Å²) in [7, 11) is 25.8. The molecule has 10 atom stereocenters. The van der Waals surface area contributed by atoms with E-state index < -0.39 is 18.3 Å². The molecule has 0 rings (SSSR count). The van der Waals surface area contributed by atoms with E-state index in [0.717, 1.165) is 21.3 Å². The van der Waals surface area contributed by atoms with Gasteiger partial charge in [0.25, 0.3) is 0 Å². The Labute approximate surface area is 699 Å². The maximum Gasteiger partial charge on any atom is 2.00 e. The Morgan fingerprint density at radius 3 is 0.364 bits per heavy atom. The Hall–Kier alpha value is 8.60. The fraction of sp³-hybridized carbons (Fsp3) is 0.194. The molecule has 0 saturated heterocycles. The molecule has 0 aliphatic rings. The van der Waals surface area contributed by atoms with Crippen LogP contribution in [0.15, 0.2) is 58.2 Å². The summed E-state index contributed by atoms with van der Waals surface area (Å²) in [6.07, 6.45) is -2.12. The molecule has 0 heterocycles. The summed E-state index contributed by atoms with van der Waals surface area (Å²) in [6, 6.07) is 0. The number of halogens is 2. The van der Waals surface area contributed by atoms with Crippen LogP contribution < -0.4 is 0 Å². The second-order valence-corrected chi connectivity index (χ2v) is 9.51. The van der Waals surface area contributed by atoms with Crippen molar-refractivity contribution in [2.75, 3.05) is 21.3 Å². The van der Waals surface area contributed by atoms with E-state index in [0.29, 0.717) is 12.8 Å². The molecule has 446 valence electrons.